The summed E-state index contributed by atoms with van der Waals surface area (Å²) < 4.78 is 379. The summed E-state index contributed by atoms with van der Waals surface area (Å²) in [7, 11) is 1.73. The molecule has 7 N–H and O–H groups in total. The van der Waals surface area contributed by atoms with Crippen molar-refractivity contribution in [3.05, 3.63) is 140 Å². The SMILES string of the molecule is CN1C2NC3NC(NC4NC(NC5NC(NC1C1C2CC2CC(C(C)(C)C)CCC2C1c1cc(C(F)(F)F)cc(C(F)(F)F)c1)C1CC2CC(C(C)(C)C)CCC2C(c2cc(C(F)(F)F)cc(C(F)(F)F)c2)C51)C1CC2CC(C(C)(C)C)CCC2C(c2cc(C(F)(F)F)cc(C(F)(F)F)c2)C41)C1CC2CC(C(C)(C)C)CCC2C(c2cc(C(F)(F)F)cc(C(F)(F)F)c2)C31. The van der Waals surface area contributed by atoms with E-state index < -0.39 is 283 Å². The summed E-state index contributed by atoms with van der Waals surface area (Å²) in [5, 5.41) is 27.4. The fraction of sp³-hybridized carbons (Fsp3) is 0.753. The number of hydrogen-bond donors (Lipinski definition) is 7. The number of hydrogen-bond acceptors (Lipinski definition) is 8. The van der Waals surface area contributed by atoms with E-state index in [1.807, 2.05) is 88.0 Å². The fourth-order valence-corrected chi connectivity index (χ4v) is 29.5. The minimum Gasteiger partial charge on any atom is -0.286 e. The quantitative estimate of drug-likeness (QED) is 0.102. The highest BCUT2D eigenvalue weighted by atomic mass is 19.4. The van der Waals surface area contributed by atoms with Crippen molar-refractivity contribution >= 4 is 0 Å². The summed E-state index contributed by atoms with van der Waals surface area (Å²) in [4.78, 5) is 1.92. The van der Waals surface area contributed by atoms with Crippen LogP contribution in [-0.4, -0.2) is 61.3 Å². The number of nitrogens with zero attached hydrogens (tertiary/aromatic N) is 1. The van der Waals surface area contributed by atoms with E-state index in [4.69, 9.17) is 0 Å². The highest BCUT2D eigenvalue weighted by Crippen LogP contribution is 2.68. The van der Waals surface area contributed by atoms with Crippen LogP contribution in [0.25, 0.3) is 0 Å². The lowest BCUT2D eigenvalue weighted by atomic mass is 9.52. The Balaban J connectivity index is 0.928. The van der Waals surface area contributed by atoms with E-state index in [1.54, 1.807) is 7.05 Å². The number of benzene rings is 4. The second-order valence-corrected chi connectivity index (χ2v) is 46.2. The van der Waals surface area contributed by atoms with E-state index in [-0.39, 0.29) is 95.9 Å². The Kier molecular flexibility index (Phi) is 24.1. The van der Waals surface area contributed by atoms with Crippen LogP contribution in [0.5, 0.6) is 0 Å². The van der Waals surface area contributed by atoms with E-state index in [9.17, 15) is 0 Å². The molecule has 8 bridgehead atoms. The minimum atomic E-state index is -5.34. The van der Waals surface area contributed by atoms with Crippen LogP contribution >= 0.6 is 0 Å². The van der Waals surface area contributed by atoms with Crippen LogP contribution in [0.1, 0.15) is 276 Å². The zero-order valence-electron chi connectivity index (χ0n) is 74.7. The first-order valence-electron chi connectivity index (χ1n) is 46.6. The van der Waals surface area contributed by atoms with E-state index >= 15 is 105 Å². The molecule has 13 aliphatic rings. The Bertz CT molecular complexity index is 4620. The smallest absolute Gasteiger partial charge is 0.286 e. The molecule has 13 fully saturated rings. The molecule has 129 heavy (non-hydrogen) atoms. The van der Waals surface area contributed by atoms with Gasteiger partial charge in [0.05, 0.1) is 93.8 Å². The molecule has 8 nitrogen and oxygen atoms in total. The molecule has 32 atom stereocenters. The average Bonchev–Trinajstić information content (AvgIpc) is 1.57. The van der Waals surface area contributed by atoms with Gasteiger partial charge >= 0.3 is 49.4 Å². The third-order valence-corrected chi connectivity index (χ3v) is 35.4. The van der Waals surface area contributed by atoms with Crippen LogP contribution in [-0.2, 0) is 49.4 Å². The Labute approximate surface area is 739 Å². The maximum Gasteiger partial charge on any atom is 0.416 e. The Morgan fingerprint density at radius 3 is 0.628 bits per heavy atom. The zero-order chi connectivity index (χ0) is 93.7. The van der Waals surface area contributed by atoms with E-state index in [0.717, 1.165) is 48.5 Å². The molecule has 0 aromatic heterocycles. The van der Waals surface area contributed by atoms with Gasteiger partial charge in [-0.25, -0.2) is 0 Å². The number of alkyl halides is 24. The molecule has 32 unspecified atom stereocenters. The van der Waals surface area contributed by atoms with Gasteiger partial charge in [0.15, 0.2) is 0 Å². The molecule has 4 aromatic carbocycles. The third kappa shape index (κ3) is 18.1. The molecule has 8 aliphatic carbocycles. The summed E-state index contributed by atoms with van der Waals surface area (Å²) in [6.45, 7) is 24.5. The van der Waals surface area contributed by atoms with Crippen molar-refractivity contribution in [1.29, 1.82) is 0 Å². The molecule has 0 amide bonds. The number of halogens is 24. The van der Waals surface area contributed by atoms with Gasteiger partial charge in [-0.2, -0.15) is 105 Å². The van der Waals surface area contributed by atoms with Crippen molar-refractivity contribution in [3.63, 3.8) is 0 Å². The van der Waals surface area contributed by atoms with Crippen LogP contribution in [0, 0.1) is 140 Å². The van der Waals surface area contributed by atoms with Crippen molar-refractivity contribution < 1.29 is 105 Å². The normalized spacial score (nSPS) is 39.2. The largest absolute Gasteiger partial charge is 0.416 e. The molecular weight excluding hydrogens is 1730 g/mol. The van der Waals surface area contributed by atoms with Crippen molar-refractivity contribution in [2.45, 2.75) is 308 Å². The number of nitrogens with one attached hydrogen (secondary N) is 7. The third-order valence-electron chi connectivity index (χ3n) is 35.4. The van der Waals surface area contributed by atoms with Gasteiger partial charge in [0.2, 0.25) is 0 Å². The maximum atomic E-state index is 15.8. The Morgan fingerprint density at radius 2 is 0.411 bits per heavy atom. The summed E-state index contributed by atoms with van der Waals surface area (Å²) in [5.74, 6) is -16.7. The molecule has 8 saturated carbocycles. The molecule has 5 heterocycles. The van der Waals surface area contributed by atoms with Crippen molar-refractivity contribution in [3.8, 4) is 0 Å². The number of rotatable bonds is 4. The highest BCUT2D eigenvalue weighted by molar-refractivity contribution is 5.43. The molecule has 17 rings (SSSR count). The second kappa shape index (κ2) is 32.5. The lowest BCUT2D eigenvalue weighted by Crippen LogP contribution is -2.62. The van der Waals surface area contributed by atoms with Gasteiger partial charge in [0.25, 0.3) is 0 Å². The van der Waals surface area contributed by atoms with E-state index in [2.05, 4.69) is 37.2 Å². The van der Waals surface area contributed by atoms with E-state index in [1.165, 1.54) is 0 Å². The van der Waals surface area contributed by atoms with Crippen LogP contribution in [0.15, 0.2) is 72.8 Å². The topological polar surface area (TPSA) is 87.5 Å². The first kappa shape index (κ1) is 95.6. The molecule has 4 aromatic rings. The Morgan fingerprint density at radius 1 is 0.217 bits per heavy atom. The molecular formula is C97H122F24N8. The monoisotopic (exact) mass is 1850 g/mol. The van der Waals surface area contributed by atoms with Crippen LogP contribution < -0.4 is 37.2 Å². The van der Waals surface area contributed by atoms with Crippen LogP contribution in [0.3, 0.4) is 0 Å². The van der Waals surface area contributed by atoms with Crippen molar-refractivity contribution in [1.82, 2.24) is 42.1 Å². The lowest BCUT2D eigenvalue weighted by Gasteiger charge is -2.54. The number of fused-ring (bicyclic) bond motifs is 24. The van der Waals surface area contributed by atoms with Gasteiger partial charge in [-0.1, -0.05) is 83.1 Å². The molecule has 718 valence electrons. The summed E-state index contributed by atoms with van der Waals surface area (Å²) in [5.41, 5.74) is -15.3. The van der Waals surface area contributed by atoms with Crippen LogP contribution in [0.4, 0.5) is 105 Å². The first-order chi connectivity index (χ1) is 59.4. The lowest BCUT2D eigenvalue weighted by molar-refractivity contribution is -0.144. The van der Waals surface area contributed by atoms with Gasteiger partial charge in [0, 0.05) is 23.7 Å². The maximum absolute atomic E-state index is 15.8. The molecule has 0 spiro atoms. The second-order valence-electron chi connectivity index (χ2n) is 46.2. The zero-order valence-corrected chi connectivity index (χ0v) is 74.7. The highest BCUT2D eigenvalue weighted by Gasteiger charge is 2.67. The van der Waals surface area contributed by atoms with Gasteiger partial charge < -0.3 is 0 Å². The van der Waals surface area contributed by atoms with Gasteiger partial charge in [-0.05, 0) is 345 Å². The predicted octanol–water partition coefficient (Wildman–Crippen LogP) is 25.9. The van der Waals surface area contributed by atoms with Gasteiger partial charge in [0.1, 0.15) is 0 Å². The summed E-state index contributed by atoms with van der Waals surface area (Å²) >= 11 is 0. The summed E-state index contributed by atoms with van der Waals surface area (Å²) in [6.07, 6.45) is -45.9. The molecule has 32 heteroatoms. The Hall–Kier alpha value is -5.12. The van der Waals surface area contributed by atoms with E-state index in [0.29, 0.717) is 77.0 Å². The van der Waals surface area contributed by atoms with Gasteiger partial charge in [-0.3, -0.25) is 42.1 Å². The predicted molar refractivity (Wildman–Crippen MR) is 438 cm³/mol. The molecule has 5 aliphatic heterocycles. The molecule has 5 saturated heterocycles. The minimum absolute atomic E-state index is 0.0506. The van der Waals surface area contributed by atoms with Crippen LogP contribution in [0.2, 0.25) is 0 Å². The van der Waals surface area contributed by atoms with Gasteiger partial charge in [-0.15, -0.1) is 0 Å². The van der Waals surface area contributed by atoms with Crippen molar-refractivity contribution in [2.75, 3.05) is 7.05 Å². The molecule has 0 radical (unpaired) electrons. The first-order valence-corrected chi connectivity index (χ1v) is 46.6. The summed E-state index contributed by atoms with van der Waals surface area (Å²) in [6, 6.07) is 6.49. The fourth-order valence-electron chi connectivity index (χ4n) is 29.5. The average molecular weight is 1860 g/mol. The standard InChI is InChI=1S/C97H122F24N8/c1-86(2,3)50-14-18-62-42(22-50)34-66-74(70(62)46-26-54(90(98,99)100)38-55(27-46)91(101,102)103)81-122-78(66)123-82-75-68(36-44-24-52(88(7,8)9)15-19-63(44)71(75)47-28-56(92(104,105)106)39-57(29-47)93(107,108)109)80(126-82)127-85-77-69(37-45-25-53(89(10,11)12)17-21-65(45)73(77)49-32-60(96(116,117)118)41-61(33-49)97(119,120)121)84(129(85)13)128-83-76-67(79(124-81)125-83)35-43-23-51(87(4,5)6)16-20-64(43)72(76)48-30-58(94(110,111)112)40-59(31-48)95(113,114)115/h26-33,38-45,50-53,62-85,122-128H,14-25,34-37H2,1-13H3. The van der Waals surface area contributed by atoms with Crippen molar-refractivity contribution in [2.24, 2.45) is 140 Å².